The fourth-order valence-corrected chi connectivity index (χ4v) is 1.88. The minimum atomic E-state index is -0.576. The number of nitrogens with zero attached hydrogens (tertiary/aromatic N) is 1. The lowest BCUT2D eigenvalue weighted by atomic mass is 10.1. The van der Waals surface area contributed by atoms with Crippen LogP contribution in [-0.4, -0.2) is 12.9 Å². The van der Waals surface area contributed by atoms with Crippen molar-refractivity contribution in [3.63, 3.8) is 0 Å². The van der Waals surface area contributed by atoms with E-state index in [1.807, 2.05) is 0 Å². The summed E-state index contributed by atoms with van der Waals surface area (Å²) in [5.74, 6) is -1.32. The SMILES string of the molecule is CN(c1cccc(F)c1)c1cccc(F)c1C(=N)N. The zero-order valence-electron chi connectivity index (χ0n) is 10.3. The quantitative estimate of drug-likeness (QED) is 0.659. The first-order chi connectivity index (χ1) is 9.00. The van der Waals surface area contributed by atoms with E-state index in [4.69, 9.17) is 11.1 Å². The van der Waals surface area contributed by atoms with Crippen molar-refractivity contribution in [3.8, 4) is 0 Å². The van der Waals surface area contributed by atoms with Gasteiger partial charge in [-0.1, -0.05) is 12.1 Å². The molecule has 0 bridgehead atoms. The second-order valence-corrected chi connectivity index (χ2v) is 4.09. The fourth-order valence-electron chi connectivity index (χ4n) is 1.88. The molecule has 3 N–H and O–H groups in total. The summed E-state index contributed by atoms with van der Waals surface area (Å²) in [5.41, 5.74) is 6.38. The van der Waals surface area contributed by atoms with Crippen LogP contribution < -0.4 is 10.6 Å². The third kappa shape index (κ3) is 2.54. The third-order valence-electron chi connectivity index (χ3n) is 2.82. The predicted molar refractivity (Wildman–Crippen MR) is 71.9 cm³/mol. The first-order valence-electron chi connectivity index (χ1n) is 5.63. The summed E-state index contributed by atoms with van der Waals surface area (Å²) in [5, 5.41) is 7.45. The van der Waals surface area contributed by atoms with Gasteiger partial charge in [0.15, 0.2) is 0 Å². The lowest BCUT2D eigenvalue weighted by Crippen LogP contribution is -2.20. The van der Waals surface area contributed by atoms with Gasteiger partial charge in [0.2, 0.25) is 0 Å². The Bertz CT molecular complexity index is 626. The molecule has 0 aliphatic carbocycles. The zero-order chi connectivity index (χ0) is 14.0. The number of hydrogen-bond donors (Lipinski definition) is 2. The molecule has 0 saturated carbocycles. The van der Waals surface area contributed by atoms with E-state index in [9.17, 15) is 8.78 Å². The molecular formula is C14H13F2N3. The molecule has 19 heavy (non-hydrogen) atoms. The van der Waals surface area contributed by atoms with Crippen LogP contribution in [0.3, 0.4) is 0 Å². The van der Waals surface area contributed by atoms with Gasteiger partial charge in [0.05, 0.1) is 11.3 Å². The maximum Gasteiger partial charge on any atom is 0.136 e. The van der Waals surface area contributed by atoms with Gasteiger partial charge in [-0.15, -0.1) is 0 Å². The molecule has 3 nitrogen and oxygen atoms in total. The Balaban J connectivity index is 2.53. The lowest BCUT2D eigenvalue weighted by molar-refractivity contribution is 0.624. The minimum Gasteiger partial charge on any atom is -0.384 e. The summed E-state index contributed by atoms with van der Waals surface area (Å²) < 4.78 is 26.9. The van der Waals surface area contributed by atoms with E-state index in [1.165, 1.54) is 24.3 Å². The highest BCUT2D eigenvalue weighted by Crippen LogP contribution is 2.28. The van der Waals surface area contributed by atoms with Crippen molar-refractivity contribution in [2.45, 2.75) is 0 Å². The van der Waals surface area contributed by atoms with Crippen LogP contribution in [0.15, 0.2) is 42.5 Å². The smallest absolute Gasteiger partial charge is 0.136 e. The van der Waals surface area contributed by atoms with Crippen LogP contribution in [0.4, 0.5) is 20.2 Å². The molecule has 0 aliphatic rings. The van der Waals surface area contributed by atoms with Gasteiger partial charge >= 0.3 is 0 Å². The van der Waals surface area contributed by atoms with E-state index in [-0.39, 0.29) is 17.2 Å². The normalized spacial score (nSPS) is 10.3. The van der Waals surface area contributed by atoms with Crippen molar-refractivity contribution in [2.75, 3.05) is 11.9 Å². The van der Waals surface area contributed by atoms with Gasteiger partial charge < -0.3 is 10.6 Å². The molecule has 0 amide bonds. The standard InChI is InChI=1S/C14H13F2N3/c1-19(10-5-2-4-9(15)8-10)12-7-3-6-11(16)13(12)14(17)18/h2-8H,1H3,(H3,17,18). The number of nitrogens with two attached hydrogens (primary N) is 1. The number of amidine groups is 1. The van der Waals surface area contributed by atoms with Gasteiger partial charge in [-0.2, -0.15) is 0 Å². The Morgan fingerprint density at radius 2 is 1.84 bits per heavy atom. The molecule has 0 heterocycles. The molecule has 0 aromatic heterocycles. The fraction of sp³-hybridized carbons (Fsp3) is 0.0714. The van der Waals surface area contributed by atoms with Crippen molar-refractivity contribution in [2.24, 2.45) is 5.73 Å². The Morgan fingerprint density at radius 1 is 1.16 bits per heavy atom. The Labute approximate surface area is 109 Å². The highest BCUT2D eigenvalue weighted by Gasteiger charge is 2.15. The summed E-state index contributed by atoms with van der Waals surface area (Å²) in [7, 11) is 1.66. The van der Waals surface area contributed by atoms with Gasteiger partial charge in [-0.3, -0.25) is 5.41 Å². The zero-order valence-corrected chi connectivity index (χ0v) is 10.3. The first-order valence-corrected chi connectivity index (χ1v) is 5.63. The van der Waals surface area contributed by atoms with Crippen LogP contribution in [0.25, 0.3) is 0 Å². The molecule has 0 atom stereocenters. The monoisotopic (exact) mass is 261 g/mol. The topological polar surface area (TPSA) is 53.1 Å². The molecule has 5 heteroatoms. The number of anilines is 2. The summed E-state index contributed by atoms with van der Waals surface area (Å²) in [4.78, 5) is 1.59. The van der Waals surface area contributed by atoms with E-state index in [1.54, 1.807) is 30.1 Å². The van der Waals surface area contributed by atoms with E-state index in [2.05, 4.69) is 0 Å². The van der Waals surface area contributed by atoms with Crippen LogP contribution >= 0.6 is 0 Å². The van der Waals surface area contributed by atoms with Crippen LogP contribution in [-0.2, 0) is 0 Å². The molecule has 0 fully saturated rings. The highest BCUT2D eigenvalue weighted by atomic mass is 19.1. The summed E-state index contributed by atoms with van der Waals surface area (Å²) in [6.07, 6.45) is 0. The van der Waals surface area contributed by atoms with Gasteiger partial charge in [0, 0.05) is 12.7 Å². The van der Waals surface area contributed by atoms with Crippen LogP contribution in [0.1, 0.15) is 5.56 Å². The van der Waals surface area contributed by atoms with Gasteiger partial charge in [0.1, 0.15) is 17.5 Å². The predicted octanol–water partition coefficient (Wildman–Crippen LogP) is 3.02. The van der Waals surface area contributed by atoms with Crippen molar-refractivity contribution >= 4 is 17.2 Å². The number of benzene rings is 2. The highest BCUT2D eigenvalue weighted by molar-refractivity contribution is 6.01. The lowest BCUT2D eigenvalue weighted by Gasteiger charge is -2.22. The molecule has 0 radical (unpaired) electrons. The van der Waals surface area contributed by atoms with Gasteiger partial charge in [-0.25, -0.2) is 8.78 Å². The number of rotatable bonds is 3. The molecule has 0 aliphatic heterocycles. The second-order valence-electron chi connectivity index (χ2n) is 4.09. The molecule has 2 rings (SSSR count). The average Bonchev–Trinajstić information content (AvgIpc) is 2.37. The maximum absolute atomic E-state index is 13.7. The largest absolute Gasteiger partial charge is 0.384 e. The van der Waals surface area contributed by atoms with Crippen molar-refractivity contribution in [3.05, 3.63) is 59.7 Å². The van der Waals surface area contributed by atoms with Gasteiger partial charge in [0.25, 0.3) is 0 Å². The van der Waals surface area contributed by atoms with Crippen LogP contribution in [0, 0.1) is 17.0 Å². The molecule has 2 aromatic rings. The molecular weight excluding hydrogens is 248 g/mol. The second kappa shape index (κ2) is 5.06. The van der Waals surface area contributed by atoms with E-state index < -0.39 is 5.82 Å². The molecule has 0 unspecified atom stereocenters. The van der Waals surface area contributed by atoms with E-state index in [0.717, 1.165) is 0 Å². The summed E-state index contributed by atoms with van der Waals surface area (Å²) in [6, 6.07) is 10.3. The van der Waals surface area contributed by atoms with Crippen molar-refractivity contribution in [1.82, 2.24) is 0 Å². The maximum atomic E-state index is 13.7. The van der Waals surface area contributed by atoms with Crippen molar-refractivity contribution in [1.29, 1.82) is 5.41 Å². The summed E-state index contributed by atoms with van der Waals surface area (Å²) >= 11 is 0. The number of nitrogens with one attached hydrogen (secondary N) is 1. The Kier molecular flexibility index (Phi) is 3.46. The van der Waals surface area contributed by atoms with Crippen LogP contribution in [0.2, 0.25) is 0 Å². The third-order valence-corrected chi connectivity index (χ3v) is 2.82. The molecule has 98 valence electrons. The molecule has 2 aromatic carbocycles. The minimum absolute atomic E-state index is 0.00858. The average molecular weight is 261 g/mol. The molecule has 0 saturated heterocycles. The molecule has 0 spiro atoms. The first kappa shape index (κ1) is 13.0. The van der Waals surface area contributed by atoms with Crippen molar-refractivity contribution < 1.29 is 8.78 Å². The Morgan fingerprint density at radius 3 is 2.47 bits per heavy atom. The number of nitrogen functional groups attached to an aromatic ring is 1. The van der Waals surface area contributed by atoms with E-state index in [0.29, 0.717) is 11.4 Å². The number of hydrogen-bond acceptors (Lipinski definition) is 2. The van der Waals surface area contributed by atoms with Gasteiger partial charge in [-0.05, 0) is 30.3 Å². The van der Waals surface area contributed by atoms with E-state index >= 15 is 0 Å². The number of halogens is 2. The summed E-state index contributed by atoms with van der Waals surface area (Å²) in [6.45, 7) is 0. The Hall–Kier alpha value is -2.43. The van der Waals surface area contributed by atoms with Crippen LogP contribution in [0.5, 0.6) is 0 Å².